The summed E-state index contributed by atoms with van der Waals surface area (Å²) in [6.07, 6.45) is 0.880. The van der Waals surface area contributed by atoms with Crippen molar-refractivity contribution in [2.24, 2.45) is 0 Å². The first-order valence-corrected chi connectivity index (χ1v) is 5.48. The molecule has 90 valence electrons. The average Bonchev–Trinajstić information content (AvgIpc) is 2.34. The fourth-order valence-corrected chi connectivity index (χ4v) is 1.38. The van der Waals surface area contributed by atoms with E-state index in [4.69, 9.17) is 4.74 Å². The van der Waals surface area contributed by atoms with Crippen molar-refractivity contribution < 1.29 is 9.53 Å². The molecule has 0 aliphatic heterocycles. The van der Waals surface area contributed by atoms with Crippen molar-refractivity contribution in [1.82, 2.24) is 4.90 Å². The second kappa shape index (κ2) is 5.95. The van der Waals surface area contributed by atoms with E-state index >= 15 is 0 Å². The molecule has 1 aromatic carbocycles. The molecule has 17 heavy (non-hydrogen) atoms. The molecular formula is C14H17NO2. The van der Waals surface area contributed by atoms with Crippen molar-refractivity contribution in [1.29, 1.82) is 0 Å². The molecule has 0 unspecified atom stereocenters. The highest BCUT2D eigenvalue weighted by Gasteiger charge is 2.10. The molecule has 0 fully saturated rings. The first-order chi connectivity index (χ1) is 8.08. The number of carbonyl (C=O) groups is 1. The standard InChI is InChI=1S/C14H17NO2/c1-5-11-6-7-14(17-4)12(10-11)13(16)8-9-15(2)3/h6-7,10H,5H2,1-4H3. The molecule has 0 bridgehead atoms. The van der Waals surface area contributed by atoms with Gasteiger partial charge in [0.1, 0.15) is 5.75 Å². The number of carbonyl (C=O) groups excluding carboxylic acids is 1. The van der Waals surface area contributed by atoms with E-state index in [1.165, 1.54) is 0 Å². The third-order valence-corrected chi connectivity index (χ3v) is 2.31. The highest BCUT2D eigenvalue weighted by molar-refractivity contribution is 6.10. The molecule has 1 rings (SSSR count). The molecular weight excluding hydrogens is 214 g/mol. The van der Waals surface area contributed by atoms with Crippen LogP contribution in [0.1, 0.15) is 22.8 Å². The Hall–Kier alpha value is -1.95. The van der Waals surface area contributed by atoms with Gasteiger partial charge < -0.3 is 9.64 Å². The lowest BCUT2D eigenvalue weighted by molar-refractivity contribution is 0.105. The number of ketones is 1. The van der Waals surface area contributed by atoms with E-state index in [2.05, 4.69) is 12.0 Å². The summed E-state index contributed by atoms with van der Waals surface area (Å²) in [5.74, 6) is 2.93. The van der Waals surface area contributed by atoms with Gasteiger partial charge in [-0.1, -0.05) is 13.0 Å². The Balaban J connectivity index is 3.11. The number of Topliss-reactive ketones (excluding diaryl/α,β-unsaturated/α-hetero) is 1. The Bertz CT molecular complexity index is 467. The van der Waals surface area contributed by atoms with Gasteiger partial charge in [0.15, 0.2) is 0 Å². The molecule has 0 aliphatic rings. The Kier molecular flexibility index (Phi) is 4.59. The van der Waals surface area contributed by atoms with Crippen LogP contribution in [0, 0.1) is 12.0 Å². The van der Waals surface area contributed by atoms with Crippen LogP contribution in [0.15, 0.2) is 18.2 Å². The van der Waals surface area contributed by atoms with Crippen molar-refractivity contribution in [2.45, 2.75) is 13.3 Å². The number of methoxy groups -OCH3 is 1. The molecule has 0 atom stereocenters. The number of aryl methyl sites for hydroxylation is 1. The summed E-state index contributed by atoms with van der Waals surface area (Å²) >= 11 is 0. The van der Waals surface area contributed by atoms with Gasteiger partial charge in [-0.25, -0.2) is 0 Å². The zero-order valence-corrected chi connectivity index (χ0v) is 10.7. The van der Waals surface area contributed by atoms with Crippen molar-refractivity contribution in [2.75, 3.05) is 21.2 Å². The van der Waals surface area contributed by atoms with Gasteiger partial charge in [0.05, 0.1) is 12.7 Å². The third-order valence-electron chi connectivity index (χ3n) is 2.31. The molecule has 3 nitrogen and oxygen atoms in total. The summed E-state index contributed by atoms with van der Waals surface area (Å²) in [6.45, 7) is 2.04. The van der Waals surface area contributed by atoms with Crippen LogP contribution in [-0.4, -0.2) is 31.9 Å². The van der Waals surface area contributed by atoms with Gasteiger partial charge in [0, 0.05) is 26.1 Å². The van der Waals surface area contributed by atoms with Crippen molar-refractivity contribution in [3.05, 3.63) is 29.3 Å². The Morgan fingerprint density at radius 3 is 2.65 bits per heavy atom. The summed E-state index contributed by atoms with van der Waals surface area (Å²) in [5, 5.41) is 0. The van der Waals surface area contributed by atoms with E-state index in [-0.39, 0.29) is 5.78 Å². The van der Waals surface area contributed by atoms with Crippen LogP contribution in [0.25, 0.3) is 0 Å². The zero-order valence-electron chi connectivity index (χ0n) is 10.7. The van der Waals surface area contributed by atoms with Crippen LogP contribution in [0.5, 0.6) is 5.75 Å². The minimum Gasteiger partial charge on any atom is -0.496 e. The largest absolute Gasteiger partial charge is 0.496 e. The second-order valence-electron chi connectivity index (χ2n) is 3.85. The van der Waals surface area contributed by atoms with E-state index in [0.29, 0.717) is 11.3 Å². The predicted octanol–water partition coefficient (Wildman–Crippen LogP) is 1.96. The average molecular weight is 231 g/mol. The van der Waals surface area contributed by atoms with Gasteiger partial charge in [-0.15, -0.1) is 0 Å². The normalized spacial score (nSPS) is 9.18. The molecule has 0 amide bonds. The Morgan fingerprint density at radius 1 is 1.41 bits per heavy atom. The molecule has 3 heteroatoms. The Labute approximate surface area is 102 Å². The van der Waals surface area contributed by atoms with Crippen molar-refractivity contribution in [3.63, 3.8) is 0 Å². The van der Waals surface area contributed by atoms with E-state index in [0.717, 1.165) is 12.0 Å². The summed E-state index contributed by atoms with van der Waals surface area (Å²) in [4.78, 5) is 13.6. The highest BCUT2D eigenvalue weighted by Crippen LogP contribution is 2.20. The van der Waals surface area contributed by atoms with E-state index in [1.54, 1.807) is 26.1 Å². The predicted molar refractivity (Wildman–Crippen MR) is 68.2 cm³/mol. The maximum absolute atomic E-state index is 11.9. The second-order valence-corrected chi connectivity index (χ2v) is 3.85. The summed E-state index contributed by atoms with van der Waals surface area (Å²) in [6, 6.07) is 8.31. The van der Waals surface area contributed by atoms with Crippen LogP contribution >= 0.6 is 0 Å². The lowest BCUT2D eigenvalue weighted by Gasteiger charge is -2.06. The van der Waals surface area contributed by atoms with Gasteiger partial charge in [0.25, 0.3) is 0 Å². The minimum absolute atomic E-state index is 0.217. The summed E-state index contributed by atoms with van der Waals surface area (Å²) in [5.41, 5.74) is 1.63. The van der Waals surface area contributed by atoms with Crippen LogP contribution in [0.2, 0.25) is 0 Å². The lowest BCUT2D eigenvalue weighted by atomic mass is 10.0. The van der Waals surface area contributed by atoms with Crippen molar-refractivity contribution in [3.8, 4) is 17.7 Å². The first kappa shape index (κ1) is 13.1. The quantitative estimate of drug-likeness (QED) is 0.452. The third kappa shape index (κ3) is 3.53. The Morgan fingerprint density at radius 2 is 2.12 bits per heavy atom. The van der Waals surface area contributed by atoms with Crippen LogP contribution in [0.4, 0.5) is 0 Å². The maximum atomic E-state index is 11.9. The SMILES string of the molecule is CCc1ccc(OC)c(C(=O)C#CN(C)C)c1. The monoisotopic (exact) mass is 231 g/mol. The molecule has 0 heterocycles. The number of hydrogen-bond donors (Lipinski definition) is 0. The number of benzene rings is 1. The number of hydrogen-bond acceptors (Lipinski definition) is 3. The molecule has 0 N–H and O–H groups in total. The molecule has 0 saturated carbocycles. The minimum atomic E-state index is -0.217. The molecule has 0 spiro atoms. The van der Waals surface area contributed by atoms with Gasteiger partial charge in [-0.3, -0.25) is 4.79 Å². The number of rotatable bonds is 3. The number of ether oxygens (including phenoxy) is 1. The molecule has 0 aromatic heterocycles. The fraction of sp³-hybridized carbons (Fsp3) is 0.357. The fourth-order valence-electron chi connectivity index (χ4n) is 1.38. The maximum Gasteiger partial charge on any atom is 0.241 e. The zero-order chi connectivity index (χ0) is 12.8. The first-order valence-electron chi connectivity index (χ1n) is 5.48. The van der Waals surface area contributed by atoms with E-state index < -0.39 is 0 Å². The van der Waals surface area contributed by atoms with Gasteiger partial charge in [0.2, 0.25) is 5.78 Å². The molecule has 0 saturated heterocycles. The van der Waals surface area contributed by atoms with Crippen LogP contribution in [-0.2, 0) is 6.42 Å². The topological polar surface area (TPSA) is 29.5 Å². The molecule has 0 aliphatic carbocycles. The van der Waals surface area contributed by atoms with Crippen LogP contribution < -0.4 is 4.74 Å². The van der Waals surface area contributed by atoms with Gasteiger partial charge >= 0.3 is 0 Å². The lowest BCUT2D eigenvalue weighted by Crippen LogP contribution is -2.05. The highest BCUT2D eigenvalue weighted by atomic mass is 16.5. The van der Waals surface area contributed by atoms with Gasteiger partial charge in [-0.05, 0) is 24.1 Å². The van der Waals surface area contributed by atoms with Crippen LogP contribution in [0.3, 0.4) is 0 Å². The summed E-state index contributed by atoms with van der Waals surface area (Å²) in [7, 11) is 5.14. The molecule has 0 radical (unpaired) electrons. The summed E-state index contributed by atoms with van der Waals surface area (Å²) < 4.78 is 5.17. The number of nitrogens with zero attached hydrogens (tertiary/aromatic N) is 1. The van der Waals surface area contributed by atoms with E-state index in [9.17, 15) is 4.79 Å². The van der Waals surface area contributed by atoms with Crippen molar-refractivity contribution >= 4 is 5.78 Å². The molecule has 1 aromatic rings. The smallest absolute Gasteiger partial charge is 0.241 e. The van der Waals surface area contributed by atoms with Gasteiger partial charge in [-0.2, -0.15) is 0 Å². The van der Waals surface area contributed by atoms with E-state index in [1.807, 2.05) is 25.1 Å².